The molecule has 0 fully saturated rings. The molecule has 1 atom stereocenters. The number of nitrogens with one attached hydrogen (secondary N) is 1. The third kappa shape index (κ3) is 2.80. The van der Waals surface area contributed by atoms with Crippen molar-refractivity contribution in [2.75, 3.05) is 7.05 Å². The monoisotopic (exact) mass is 324 g/mol. The molecule has 1 amide bonds. The summed E-state index contributed by atoms with van der Waals surface area (Å²) < 4.78 is 14.0. The van der Waals surface area contributed by atoms with Crippen molar-refractivity contribution in [3.05, 3.63) is 70.7 Å². The van der Waals surface area contributed by atoms with E-state index in [2.05, 4.69) is 11.1 Å². The van der Waals surface area contributed by atoms with Crippen LogP contribution in [0.5, 0.6) is 0 Å². The number of aryl methyl sites for hydroxylation is 2. The summed E-state index contributed by atoms with van der Waals surface area (Å²) in [6, 6.07) is 12.2. The zero-order valence-electron chi connectivity index (χ0n) is 14.4. The van der Waals surface area contributed by atoms with Crippen LogP contribution in [0.2, 0.25) is 0 Å². The summed E-state index contributed by atoms with van der Waals surface area (Å²) in [6.45, 7) is 5.89. The minimum Gasteiger partial charge on any atom is -0.351 e. The maximum absolute atomic E-state index is 14.0. The first kappa shape index (κ1) is 16.2. The van der Waals surface area contributed by atoms with Crippen LogP contribution >= 0.6 is 0 Å². The van der Waals surface area contributed by atoms with Gasteiger partial charge >= 0.3 is 0 Å². The molecule has 1 unspecified atom stereocenters. The molecule has 0 bridgehead atoms. The van der Waals surface area contributed by atoms with Gasteiger partial charge in [-0.1, -0.05) is 24.3 Å². The molecule has 3 aromatic rings. The molecule has 3 nitrogen and oxygen atoms in total. The van der Waals surface area contributed by atoms with Crippen LogP contribution in [0.25, 0.3) is 10.9 Å². The average molecular weight is 324 g/mol. The lowest BCUT2D eigenvalue weighted by molar-refractivity contribution is 0.0735. The van der Waals surface area contributed by atoms with E-state index < -0.39 is 0 Å². The van der Waals surface area contributed by atoms with Crippen molar-refractivity contribution in [2.45, 2.75) is 26.8 Å². The number of aromatic nitrogens is 1. The molecule has 2 aromatic carbocycles. The Hall–Kier alpha value is -2.62. The van der Waals surface area contributed by atoms with E-state index in [0.717, 1.165) is 22.0 Å². The number of carbonyl (C=O) groups is 1. The molecule has 1 N–H and O–H groups in total. The third-order valence-electron chi connectivity index (χ3n) is 4.58. The van der Waals surface area contributed by atoms with Crippen LogP contribution in [0, 0.1) is 19.7 Å². The van der Waals surface area contributed by atoms with E-state index in [9.17, 15) is 9.18 Å². The normalized spacial score (nSPS) is 12.4. The fourth-order valence-electron chi connectivity index (χ4n) is 3.10. The number of fused-ring (bicyclic) bond motifs is 1. The smallest absolute Gasteiger partial charge is 0.270 e. The Bertz CT molecular complexity index is 913. The lowest BCUT2D eigenvalue weighted by atomic mass is 10.1. The molecule has 0 spiro atoms. The quantitative estimate of drug-likeness (QED) is 0.741. The number of nitrogens with zero attached hydrogens (tertiary/aromatic N) is 1. The van der Waals surface area contributed by atoms with E-state index in [1.165, 1.54) is 6.07 Å². The molecule has 0 aliphatic carbocycles. The summed E-state index contributed by atoms with van der Waals surface area (Å²) in [5, 5.41) is 1.04. The van der Waals surface area contributed by atoms with Crippen LogP contribution < -0.4 is 0 Å². The average Bonchev–Trinajstić information content (AvgIpc) is 2.97. The van der Waals surface area contributed by atoms with Crippen molar-refractivity contribution in [3.63, 3.8) is 0 Å². The number of benzene rings is 2. The summed E-state index contributed by atoms with van der Waals surface area (Å²) in [5.74, 6) is -0.452. The molecular formula is C20H21FN2O. The lowest BCUT2D eigenvalue weighted by Crippen LogP contribution is -2.30. The highest BCUT2D eigenvalue weighted by molar-refractivity contribution is 5.99. The molecule has 4 heteroatoms. The van der Waals surface area contributed by atoms with Gasteiger partial charge in [-0.05, 0) is 50.1 Å². The van der Waals surface area contributed by atoms with E-state index in [0.29, 0.717) is 11.3 Å². The molecule has 1 aromatic heterocycles. The maximum Gasteiger partial charge on any atom is 0.270 e. The van der Waals surface area contributed by atoms with Gasteiger partial charge in [-0.3, -0.25) is 4.79 Å². The van der Waals surface area contributed by atoms with Crippen molar-refractivity contribution >= 4 is 16.8 Å². The number of hydrogen-bond acceptors (Lipinski definition) is 1. The second kappa shape index (κ2) is 6.11. The van der Waals surface area contributed by atoms with Crippen LogP contribution in [0.3, 0.4) is 0 Å². The number of aromatic amines is 1. The molecule has 3 rings (SSSR count). The van der Waals surface area contributed by atoms with Gasteiger partial charge in [-0.15, -0.1) is 0 Å². The molecule has 24 heavy (non-hydrogen) atoms. The van der Waals surface area contributed by atoms with Crippen LogP contribution in [-0.2, 0) is 0 Å². The molecule has 124 valence electrons. The topological polar surface area (TPSA) is 36.1 Å². The Labute approximate surface area is 141 Å². The number of amides is 1. The second-order valence-electron chi connectivity index (χ2n) is 6.34. The van der Waals surface area contributed by atoms with Gasteiger partial charge in [0.15, 0.2) is 0 Å². The summed E-state index contributed by atoms with van der Waals surface area (Å²) in [6.07, 6.45) is 0. The first-order chi connectivity index (χ1) is 11.4. The Morgan fingerprint density at radius 1 is 1.17 bits per heavy atom. The van der Waals surface area contributed by atoms with Gasteiger partial charge in [0, 0.05) is 23.5 Å². The predicted molar refractivity (Wildman–Crippen MR) is 94.7 cm³/mol. The first-order valence-corrected chi connectivity index (χ1v) is 8.00. The fraction of sp³-hybridized carbons (Fsp3) is 0.250. The van der Waals surface area contributed by atoms with Crippen LogP contribution in [0.1, 0.15) is 40.1 Å². The SMILES string of the molecule is Cc1cc(C)c2cc(C(=O)N(C)C(C)c3ccccc3F)[nH]c2c1. The lowest BCUT2D eigenvalue weighted by Gasteiger charge is -2.25. The van der Waals surface area contributed by atoms with Crippen molar-refractivity contribution in [1.29, 1.82) is 0 Å². The Balaban J connectivity index is 1.94. The number of carbonyl (C=O) groups excluding carboxylic acids is 1. The summed E-state index contributed by atoms with van der Waals surface area (Å²) >= 11 is 0. The van der Waals surface area contributed by atoms with Crippen LogP contribution in [0.15, 0.2) is 42.5 Å². The molecule has 0 saturated heterocycles. The first-order valence-electron chi connectivity index (χ1n) is 8.00. The molecule has 0 aliphatic heterocycles. The molecule has 0 saturated carbocycles. The van der Waals surface area contributed by atoms with Gasteiger partial charge in [0.05, 0.1) is 6.04 Å². The molecular weight excluding hydrogens is 303 g/mol. The Morgan fingerprint density at radius 2 is 1.88 bits per heavy atom. The fourth-order valence-corrected chi connectivity index (χ4v) is 3.10. The van der Waals surface area contributed by atoms with Gasteiger partial charge in [0.2, 0.25) is 0 Å². The summed E-state index contributed by atoms with van der Waals surface area (Å²) in [7, 11) is 1.70. The van der Waals surface area contributed by atoms with Gasteiger partial charge in [0.25, 0.3) is 5.91 Å². The molecule has 0 aliphatic rings. The highest BCUT2D eigenvalue weighted by Crippen LogP contribution is 2.26. The third-order valence-corrected chi connectivity index (χ3v) is 4.58. The van der Waals surface area contributed by atoms with Crippen molar-refractivity contribution in [2.24, 2.45) is 0 Å². The number of hydrogen-bond donors (Lipinski definition) is 1. The van der Waals surface area contributed by atoms with Gasteiger partial charge in [-0.2, -0.15) is 0 Å². The van der Waals surface area contributed by atoms with Gasteiger partial charge in [-0.25, -0.2) is 4.39 Å². The zero-order valence-corrected chi connectivity index (χ0v) is 14.4. The highest BCUT2D eigenvalue weighted by Gasteiger charge is 2.22. The largest absolute Gasteiger partial charge is 0.351 e. The van der Waals surface area contributed by atoms with Crippen molar-refractivity contribution in [1.82, 2.24) is 9.88 Å². The van der Waals surface area contributed by atoms with Gasteiger partial charge in [0.1, 0.15) is 11.5 Å². The summed E-state index contributed by atoms with van der Waals surface area (Å²) in [5.41, 5.74) is 4.25. The highest BCUT2D eigenvalue weighted by atomic mass is 19.1. The van der Waals surface area contributed by atoms with E-state index in [1.54, 1.807) is 30.1 Å². The standard InChI is InChI=1S/C20H21FN2O/c1-12-9-13(2)16-11-19(22-18(16)10-12)20(24)23(4)14(3)15-7-5-6-8-17(15)21/h5-11,14,22H,1-4H3. The van der Waals surface area contributed by atoms with Gasteiger partial charge < -0.3 is 9.88 Å². The van der Waals surface area contributed by atoms with Crippen molar-refractivity contribution < 1.29 is 9.18 Å². The molecule has 1 heterocycles. The number of rotatable bonds is 3. The van der Waals surface area contributed by atoms with Crippen molar-refractivity contribution in [3.8, 4) is 0 Å². The summed E-state index contributed by atoms with van der Waals surface area (Å²) in [4.78, 5) is 17.6. The number of H-pyrrole nitrogens is 1. The van der Waals surface area contributed by atoms with Crippen LogP contribution in [-0.4, -0.2) is 22.8 Å². The van der Waals surface area contributed by atoms with Crippen LogP contribution in [0.4, 0.5) is 4.39 Å². The van der Waals surface area contributed by atoms with E-state index in [1.807, 2.05) is 32.9 Å². The predicted octanol–water partition coefficient (Wildman–Crippen LogP) is 4.76. The second-order valence-corrected chi connectivity index (χ2v) is 6.34. The van der Waals surface area contributed by atoms with E-state index in [4.69, 9.17) is 0 Å². The Kier molecular flexibility index (Phi) is 4.14. The molecule has 0 radical (unpaired) electrons. The Morgan fingerprint density at radius 3 is 2.58 bits per heavy atom. The van der Waals surface area contributed by atoms with E-state index in [-0.39, 0.29) is 17.8 Å². The zero-order chi connectivity index (χ0) is 17.4. The minimum atomic E-state index is -0.354. The number of halogens is 1. The maximum atomic E-state index is 14.0. The van der Waals surface area contributed by atoms with E-state index >= 15 is 0 Å². The minimum absolute atomic E-state index is 0.154.